The van der Waals surface area contributed by atoms with Gasteiger partial charge < -0.3 is 9.80 Å². The number of rotatable bonds is 3. The van der Waals surface area contributed by atoms with Crippen molar-refractivity contribution < 1.29 is 4.79 Å². The van der Waals surface area contributed by atoms with Gasteiger partial charge in [-0.1, -0.05) is 18.2 Å². The highest BCUT2D eigenvalue weighted by Crippen LogP contribution is 2.24. The first kappa shape index (κ1) is 16.7. The van der Waals surface area contributed by atoms with Crippen molar-refractivity contribution in [2.45, 2.75) is 13.0 Å². The van der Waals surface area contributed by atoms with Gasteiger partial charge in [-0.2, -0.15) is 9.61 Å². The lowest BCUT2D eigenvalue weighted by molar-refractivity contribution is 0.0700. The zero-order valence-electron chi connectivity index (χ0n) is 15.9. The maximum Gasteiger partial charge on any atom is 0.275 e. The minimum absolute atomic E-state index is 0.0560. The summed E-state index contributed by atoms with van der Waals surface area (Å²) in [5.74, 6) is 1.55. The molecule has 4 heterocycles. The summed E-state index contributed by atoms with van der Waals surface area (Å²) >= 11 is 0. The van der Waals surface area contributed by atoms with Gasteiger partial charge in [0.15, 0.2) is 17.2 Å². The zero-order chi connectivity index (χ0) is 19.4. The van der Waals surface area contributed by atoms with E-state index in [1.807, 2.05) is 57.4 Å². The average molecular weight is 376 g/mol. The number of carbonyl (C=O) groups is 1. The van der Waals surface area contributed by atoms with E-state index in [9.17, 15) is 4.79 Å². The fourth-order valence-corrected chi connectivity index (χ4v) is 3.65. The Bertz CT molecular complexity index is 1200. The normalized spacial score (nSPS) is 14.6. The van der Waals surface area contributed by atoms with Gasteiger partial charge in [0.05, 0.1) is 11.6 Å². The number of anilines is 1. The monoisotopic (exact) mass is 376 g/mol. The second-order valence-corrected chi connectivity index (χ2v) is 7.17. The van der Waals surface area contributed by atoms with Crippen molar-refractivity contribution in [3.63, 3.8) is 0 Å². The molecule has 0 bridgehead atoms. The molecular weight excluding hydrogens is 356 g/mol. The van der Waals surface area contributed by atoms with Crippen LogP contribution in [0, 0.1) is 6.92 Å². The summed E-state index contributed by atoms with van der Waals surface area (Å²) in [7, 11) is 3.70. The van der Waals surface area contributed by atoms with Crippen LogP contribution in [-0.4, -0.2) is 66.6 Å². The van der Waals surface area contributed by atoms with Gasteiger partial charge in [0, 0.05) is 32.6 Å². The number of hydrogen-bond donors (Lipinski definition) is 0. The Morgan fingerprint density at radius 2 is 1.89 bits per heavy atom. The van der Waals surface area contributed by atoms with E-state index in [0.29, 0.717) is 5.69 Å². The van der Waals surface area contributed by atoms with Crippen LogP contribution in [0.4, 0.5) is 5.82 Å². The third-order valence-corrected chi connectivity index (χ3v) is 5.42. The maximum atomic E-state index is 13.0. The standard InChI is InChI=1S/C19H20N8O/c1-12-20-21-16-8-9-17(22-27(12)16)26-10-13(11-26)24(2)19(28)18-14-6-4-5-7-15(14)25(3)23-18/h4-9,13H,10-11H2,1-3H3. The van der Waals surface area contributed by atoms with Crippen molar-refractivity contribution in [1.82, 2.24) is 34.5 Å². The SMILES string of the molecule is Cc1nnc2ccc(N3CC(N(C)C(=O)c4nn(C)c5ccccc45)C3)nn12. The second-order valence-electron chi connectivity index (χ2n) is 7.17. The first-order valence-corrected chi connectivity index (χ1v) is 9.16. The van der Waals surface area contributed by atoms with Gasteiger partial charge in [0.2, 0.25) is 0 Å². The molecule has 28 heavy (non-hydrogen) atoms. The highest BCUT2D eigenvalue weighted by molar-refractivity contribution is 6.04. The number of likely N-dealkylation sites (N-methyl/N-ethyl adjacent to an activating group) is 1. The van der Waals surface area contributed by atoms with E-state index in [-0.39, 0.29) is 11.9 Å². The number of hydrogen-bond acceptors (Lipinski definition) is 6. The van der Waals surface area contributed by atoms with Crippen molar-refractivity contribution in [2.24, 2.45) is 7.05 Å². The molecule has 0 atom stereocenters. The van der Waals surface area contributed by atoms with Crippen molar-refractivity contribution in [2.75, 3.05) is 25.0 Å². The van der Waals surface area contributed by atoms with Gasteiger partial charge in [-0.25, -0.2) is 0 Å². The van der Waals surface area contributed by atoms with Crippen LogP contribution in [0.15, 0.2) is 36.4 Å². The first-order chi connectivity index (χ1) is 13.5. The van der Waals surface area contributed by atoms with Gasteiger partial charge in [-0.05, 0) is 25.1 Å². The summed E-state index contributed by atoms with van der Waals surface area (Å²) in [6, 6.07) is 11.8. The van der Waals surface area contributed by atoms with Gasteiger partial charge >= 0.3 is 0 Å². The molecule has 3 aromatic heterocycles. The van der Waals surface area contributed by atoms with Crippen LogP contribution in [-0.2, 0) is 7.05 Å². The highest BCUT2D eigenvalue weighted by atomic mass is 16.2. The molecule has 1 fully saturated rings. The van der Waals surface area contributed by atoms with Crippen LogP contribution in [0.2, 0.25) is 0 Å². The molecule has 1 saturated heterocycles. The van der Waals surface area contributed by atoms with E-state index in [4.69, 9.17) is 0 Å². The van der Waals surface area contributed by atoms with Crippen molar-refractivity contribution >= 4 is 28.3 Å². The molecule has 1 aliphatic heterocycles. The molecule has 5 rings (SSSR count). The Morgan fingerprint density at radius 1 is 1.11 bits per heavy atom. The number of benzene rings is 1. The van der Waals surface area contributed by atoms with Crippen LogP contribution in [0.25, 0.3) is 16.6 Å². The van der Waals surface area contributed by atoms with Crippen molar-refractivity contribution in [1.29, 1.82) is 0 Å². The Kier molecular flexibility index (Phi) is 3.58. The number of nitrogens with zero attached hydrogens (tertiary/aromatic N) is 8. The quantitative estimate of drug-likeness (QED) is 0.536. The third-order valence-electron chi connectivity index (χ3n) is 5.42. The predicted molar refractivity (Wildman–Crippen MR) is 104 cm³/mol. The van der Waals surface area contributed by atoms with Gasteiger partial charge in [-0.15, -0.1) is 15.3 Å². The number of amides is 1. The lowest BCUT2D eigenvalue weighted by Gasteiger charge is -2.44. The maximum absolute atomic E-state index is 13.0. The van der Waals surface area contributed by atoms with Gasteiger partial charge in [0.25, 0.3) is 5.91 Å². The molecule has 0 N–H and O–H groups in total. The molecule has 0 aliphatic carbocycles. The summed E-state index contributed by atoms with van der Waals surface area (Å²) in [5.41, 5.74) is 2.18. The van der Waals surface area contributed by atoms with Gasteiger partial charge in [0.1, 0.15) is 5.82 Å². The zero-order valence-corrected chi connectivity index (χ0v) is 15.9. The topological polar surface area (TPSA) is 84.5 Å². The number of carbonyl (C=O) groups excluding carboxylic acids is 1. The number of aromatic nitrogens is 6. The largest absolute Gasteiger partial charge is 0.351 e. The summed E-state index contributed by atoms with van der Waals surface area (Å²) in [6.45, 7) is 3.33. The molecule has 0 spiro atoms. The first-order valence-electron chi connectivity index (χ1n) is 9.16. The average Bonchev–Trinajstić information content (AvgIpc) is 3.21. The Hall–Kier alpha value is -3.49. The van der Waals surface area contributed by atoms with Crippen LogP contribution >= 0.6 is 0 Å². The summed E-state index contributed by atoms with van der Waals surface area (Å²) in [6.07, 6.45) is 0. The van der Waals surface area contributed by atoms with Gasteiger partial charge in [-0.3, -0.25) is 9.48 Å². The van der Waals surface area contributed by atoms with Crippen LogP contribution in [0.5, 0.6) is 0 Å². The van der Waals surface area contributed by atoms with Crippen LogP contribution in [0.1, 0.15) is 16.3 Å². The molecule has 0 saturated carbocycles. The molecule has 1 aromatic carbocycles. The van der Waals surface area contributed by atoms with Crippen LogP contribution in [0.3, 0.4) is 0 Å². The van der Waals surface area contributed by atoms with E-state index < -0.39 is 0 Å². The predicted octanol–water partition coefficient (Wildman–Crippen LogP) is 1.28. The Morgan fingerprint density at radius 3 is 2.71 bits per heavy atom. The van der Waals surface area contributed by atoms with Crippen molar-refractivity contribution in [3.05, 3.63) is 47.9 Å². The molecular formula is C19H20N8O. The minimum atomic E-state index is -0.0560. The van der Waals surface area contributed by atoms with Crippen molar-refractivity contribution in [3.8, 4) is 0 Å². The van der Waals surface area contributed by atoms with E-state index in [2.05, 4.69) is 25.3 Å². The third kappa shape index (κ3) is 2.43. The summed E-state index contributed by atoms with van der Waals surface area (Å²) < 4.78 is 3.49. The molecule has 1 amide bonds. The van der Waals surface area contributed by atoms with Crippen LogP contribution < -0.4 is 4.90 Å². The lowest BCUT2D eigenvalue weighted by atomic mass is 10.1. The lowest BCUT2D eigenvalue weighted by Crippen LogP contribution is -2.60. The van der Waals surface area contributed by atoms with E-state index >= 15 is 0 Å². The molecule has 4 aromatic rings. The molecule has 0 unspecified atom stereocenters. The molecule has 9 nitrogen and oxygen atoms in total. The number of para-hydroxylation sites is 1. The van der Waals surface area contributed by atoms with E-state index in [1.54, 1.807) is 14.1 Å². The molecule has 142 valence electrons. The Labute approximate surface area is 161 Å². The fraction of sp³-hybridized carbons (Fsp3) is 0.316. The Balaban J connectivity index is 1.33. The summed E-state index contributed by atoms with van der Waals surface area (Å²) in [4.78, 5) is 17.0. The number of fused-ring (bicyclic) bond motifs is 2. The highest BCUT2D eigenvalue weighted by Gasteiger charge is 2.35. The van der Waals surface area contributed by atoms with E-state index in [1.165, 1.54) is 0 Å². The smallest absolute Gasteiger partial charge is 0.275 e. The second kappa shape index (κ2) is 6.01. The van der Waals surface area contributed by atoms with E-state index in [0.717, 1.165) is 41.3 Å². The summed E-state index contributed by atoms with van der Waals surface area (Å²) in [5, 5.41) is 18.0. The molecule has 9 heteroatoms. The fourth-order valence-electron chi connectivity index (χ4n) is 3.65. The minimum Gasteiger partial charge on any atom is -0.351 e. The molecule has 0 radical (unpaired) electrons. The molecule has 1 aliphatic rings. The number of aryl methyl sites for hydroxylation is 2.